The molecule has 0 unspecified atom stereocenters. The van der Waals surface area contributed by atoms with Crippen molar-refractivity contribution in [2.24, 2.45) is 0 Å². The number of rotatable bonds is 3. The molecule has 0 radical (unpaired) electrons. The number of hydrogen-bond acceptors (Lipinski definition) is 3. The van der Waals surface area contributed by atoms with E-state index in [2.05, 4.69) is 15.3 Å². The lowest BCUT2D eigenvalue weighted by molar-refractivity contribution is 1.14. The first-order valence-electron chi connectivity index (χ1n) is 6.65. The van der Waals surface area contributed by atoms with E-state index in [-0.39, 0.29) is 0 Å². The predicted octanol–water partition coefficient (Wildman–Crippen LogP) is 5.04. The van der Waals surface area contributed by atoms with Crippen molar-refractivity contribution in [1.82, 2.24) is 9.97 Å². The summed E-state index contributed by atoms with van der Waals surface area (Å²) in [5, 5.41) is 5.48. The molecule has 0 amide bonds. The summed E-state index contributed by atoms with van der Waals surface area (Å²) in [4.78, 5) is 9.19. The highest BCUT2D eigenvalue weighted by Crippen LogP contribution is 2.30. The molecule has 3 nitrogen and oxygen atoms in total. The second kappa shape index (κ2) is 5.88. The second-order valence-corrected chi connectivity index (χ2v) is 5.41. The van der Waals surface area contributed by atoms with E-state index in [1.165, 1.54) is 0 Å². The van der Waals surface area contributed by atoms with E-state index in [0.29, 0.717) is 15.9 Å². The molecule has 0 bridgehead atoms. The molecule has 2 aromatic carbocycles. The molecule has 0 atom stereocenters. The molecule has 0 aliphatic heterocycles. The molecule has 3 aromatic rings. The molecular formula is C16H13Cl2N3. The third kappa shape index (κ3) is 2.80. The Labute approximate surface area is 132 Å². The SMILES string of the molecule is CCNc1nc(-c2ccccc2Cl)nc2cc(Cl)ccc12. The highest BCUT2D eigenvalue weighted by Gasteiger charge is 2.11. The molecule has 5 heteroatoms. The number of hydrogen-bond donors (Lipinski definition) is 1. The van der Waals surface area contributed by atoms with Crippen LogP contribution in [0.15, 0.2) is 42.5 Å². The van der Waals surface area contributed by atoms with Crippen molar-refractivity contribution >= 4 is 39.9 Å². The minimum Gasteiger partial charge on any atom is -0.370 e. The van der Waals surface area contributed by atoms with Crippen molar-refractivity contribution in [2.45, 2.75) is 6.92 Å². The number of aromatic nitrogens is 2. The fraction of sp³-hybridized carbons (Fsp3) is 0.125. The van der Waals surface area contributed by atoms with Crippen LogP contribution in [0.1, 0.15) is 6.92 Å². The Hall–Kier alpha value is -1.84. The van der Waals surface area contributed by atoms with Gasteiger partial charge in [-0.3, -0.25) is 0 Å². The van der Waals surface area contributed by atoms with Gasteiger partial charge in [0.2, 0.25) is 0 Å². The third-order valence-corrected chi connectivity index (χ3v) is 3.68. The van der Waals surface area contributed by atoms with Gasteiger partial charge in [-0.25, -0.2) is 9.97 Å². The maximum Gasteiger partial charge on any atom is 0.163 e. The number of anilines is 1. The van der Waals surface area contributed by atoms with Gasteiger partial charge in [-0.05, 0) is 37.3 Å². The number of nitrogens with zero attached hydrogens (tertiary/aromatic N) is 2. The van der Waals surface area contributed by atoms with Crippen molar-refractivity contribution in [2.75, 3.05) is 11.9 Å². The Bertz CT molecular complexity index is 803. The Morgan fingerprint density at radius 3 is 2.62 bits per heavy atom. The van der Waals surface area contributed by atoms with E-state index in [1.54, 1.807) is 0 Å². The van der Waals surface area contributed by atoms with Gasteiger partial charge in [0.1, 0.15) is 5.82 Å². The molecule has 0 fully saturated rings. The lowest BCUT2D eigenvalue weighted by Crippen LogP contribution is -2.03. The summed E-state index contributed by atoms with van der Waals surface area (Å²) in [6.45, 7) is 2.80. The normalized spacial score (nSPS) is 10.8. The van der Waals surface area contributed by atoms with Crippen LogP contribution >= 0.6 is 23.2 Å². The van der Waals surface area contributed by atoms with Crippen LogP contribution in [0.4, 0.5) is 5.82 Å². The Balaban J connectivity index is 2.27. The molecule has 21 heavy (non-hydrogen) atoms. The van der Waals surface area contributed by atoms with Crippen LogP contribution in [0.5, 0.6) is 0 Å². The number of fused-ring (bicyclic) bond motifs is 1. The van der Waals surface area contributed by atoms with Crippen LogP contribution in [0, 0.1) is 0 Å². The predicted molar refractivity (Wildman–Crippen MR) is 89.2 cm³/mol. The third-order valence-electron chi connectivity index (χ3n) is 3.12. The Kier molecular flexibility index (Phi) is 3.95. The minimum atomic E-state index is 0.589. The van der Waals surface area contributed by atoms with Crippen LogP contribution in [-0.4, -0.2) is 16.5 Å². The van der Waals surface area contributed by atoms with Gasteiger partial charge in [-0.15, -0.1) is 0 Å². The van der Waals surface area contributed by atoms with Gasteiger partial charge in [-0.2, -0.15) is 0 Å². The minimum absolute atomic E-state index is 0.589. The van der Waals surface area contributed by atoms with E-state index >= 15 is 0 Å². The fourth-order valence-corrected chi connectivity index (χ4v) is 2.55. The Morgan fingerprint density at radius 1 is 1.05 bits per heavy atom. The Morgan fingerprint density at radius 2 is 1.86 bits per heavy atom. The molecule has 1 aromatic heterocycles. The molecule has 1 heterocycles. The van der Waals surface area contributed by atoms with Crippen molar-refractivity contribution in [3.05, 3.63) is 52.5 Å². The summed E-state index contributed by atoms with van der Waals surface area (Å²) in [6, 6.07) is 13.1. The summed E-state index contributed by atoms with van der Waals surface area (Å²) in [5.74, 6) is 1.38. The van der Waals surface area contributed by atoms with Crippen molar-refractivity contribution in [3.63, 3.8) is 0 Å². The highest BCUT2D eigenvalue weighted by molar-refractivity contribution is 6.33. The first-order chi connectivity index (χ1) is 10.2. The molecule has 0 spiro atoms. The lowest BCUT2D eigenvalue weighted by Gasteiger charge is -2.10. The summed E-state index contributed by atoms with van der Waals surface area (Å²) in [7, 11) is 0. The highest BCUT2D eigenvalue weighted by atomic mass is 35.5. The standard InChI is InChI=1S/C16H13Cl2N3/c1-2-19-15-12-8-7-10(17)9-14(12)20-16(21-15)11-5-3-4-6-13(11)18/h3-9H,2H2,1H3,(H,19,20,21). The van der Waals surface area contributed by atoms with Crippen molar-refractivity contribution in [3.8, 4) is 11.4 Å². The van der Waals surface area contributed by atoms with Crippen LogP contribution in [0.25, 0.3) is 22.3 Å². The largest absolute Gasteiger partial charge is 0.370 e. The topological polar surface area (TPSA) is 37.8 Å². The van der Waals surface area contributed by atoms with Gasteiger partial charge in [0, 0.05) is 22.5 Å². The van der Waals surface area contributed by atoms with Crippen LogP contribution < -0.4 is 5.32 Å². The zero-order valence-corrected chi connectivity index (χ0v) is 12.9. The van der Waals surface area contributed by atoms with Gasteiger partial charge in [-0.1, -0.05) is 35.3 Å². The van der Waals surface area contributed by atoms with E-state index in [4.69, 9.17) is 23.2 Å². The van der Waals surface area contributed by atoms with Crippen molar-refractivity contribution in [1.29, 1.82) is 0 Å². The summed E-state index contributed by atoms with van der Waals surface area (Å²) in [5.41, 5.74) is 1.60. The van der Waals surface area contributed by atoms with E-state index in [0.717, 1.165) is 28.8 Å². The van der Waals surface area contributed by atoms with Gasteiger partial charge in [0.05, 0.1) is 10.5 Å². The second-order valence-electron chi connectivity index (χ2n) is 4.57. The molecule has 106 valence electrons. The van der Waals surface area contributed by atoms with E-state index < -0.39 is 0 Å². The van der Waals surface area contributed by atoms with Gasteiger partial charge < -0.3 is 5.32 Å². The molecular weight excluding hydrogens is 305 g/mol. The first-order valence-corrected chi connectivity index (χ1v) is 7.40. The first kappa shape index (κ1) is 14.1. The van der Waals surface area contributed by atoms with Crippen LogP contribution in [0.2, 0.25) is 10.0 Å². The quantitative estimate of drug-likeness (QED) is 0.735. The van der Waals surface area contributed by atoms with Gasteiger partial charge >= 0.3 is 0 Å². The summed E-state index contributed by atoms with van der Waals surface area (Å²) in [6.07, 6.45) is 0. The van der Waals surface area contributed by atoms with Gasteiger partial charge in [0.15, 0.2) is 5.82 Å². The molecule has 3 rings (SSSR count). The van der Waals surface area contributed by atoms with Crippen LogP contribution in [-0.2, 0) is 0 Å². The maximum absolute atomic E-state index is 6.24. The van der Waals surface area contributed by atoms with E-state index in [9.17, 15) is 0 Å². The molecule has 1 N–H and O–H groups in total. The smallest absolute Gasteiger partial charge is 0.163 e. The lowest BCUT2D eigenvalue weighted by atomic mass is 10.2. The number of nitrogens with one attached hydrogen (secondary N) is 1. The number of benzene rings is 2. The average Bonchev–Trinajstić information content (AvgIpc) is 2.47. The molecule has 0 aliphatic rings. The zero-order chi connectivity index (χ0) is 14.8. The fourth-order valence-electron chi connectivity index (χ4n) is 2.17. The van der Waals surface area contributed by atoms with E-state index in [1.807, 2.05) is 49.4 Å². The van der Waals surface area contributed by atoms with Gasteiger partial charge in [0.25, 0.3) is 0 Å². The maximum atomic E-state index is 6.24. The summed E-state index contributed by atoms with van der Waals surface area (Å²) < 4.78 is 0. The van der Waals surface area contributed by atoms with Crippen LogP contribution in [0.3, 0.4) is 0 Å². The summed E-state index contributed by atoms with van der Waals surface area (Å²) >= 11 is 12.3. The number of halogens is 2. The average molecular weight is 318 g/mol. The molecule has 0 saturated heterocycles. The molecule has 0 aliphatic carbocycles. The van der Waals surface area contributed by atoms with Crippen molar-refractivity contribution < 1.29 is 0 Å². The zero-order valence-electron chi connectivity index (χ0n) is 11.4. The monoisotopic (exact) mass is 317 g/mol. The molecule has 0 saturated carbocycles.